The predicted molar refractivity (Wildman–Crippen MR) is 63.8 cm³/mol. The minimum atomic E-state index is -4.01. The molecule has 1 aromatic rings. The van der Waals surface area contributed by atoms with Crippen LogP contribution in [0.25, 0.3) is 0 Å². The highest BCUT2D eigenvalue weighted by molar-refractivity contribution is 7.92. The SMILES string of the molecule is O=S1(=O)CC[C@@H](NS(=O)(=O)c2ccccc2F)C1. The Labute approximate surface area is 105 Å². The van der Waals surface area contributed by atoms with Crippen LogP contribution in [0, 0.1) is 5.82 Å². The maximum absolute atomic E-state index is 13.4. The van der Waals surface area contributed by atoms with E-state index in [0.29, 0.717) is 0 Å². The fourth-order valence-corrected chi connectivity index (χ4v) is 4.96. The van der Waals surface area contributed by atoms with Crippen LogP contribution in [0.3, 0.4) is 0 Å². The fourth-order valence-electron chi connectivity index (χ4n) is 1.83. The van der Waals surface area contributed by atoms with E-state index in [4.69, 9.17) is 0 Å². The zero-order valence-corrected chi connectivity index (χ0v) is 11.0. The third-order valence-corrected chi connectivity index (χ3v) is 6.00. The third-order valence-electron chi connectivity index (χ3n) is 2.68. The van der Waals surface area contributed by atoms with E-state index < -0.39 is 36.6 Å². The Morgan fingerprint density at radius 3 is 2.50 bits per heavy atom. The number of benzene rings is 1. The van der Waals surface area contributed by atoms with E-state index in [0.717, 1.165) is 12.1 Å². The molecule has 2 rings (SSSR count). The lowest BCUT2D eigenvalue weighted by molar-refractivity contribution is 0.544. The van der Waals surface area contributed by atoms with Crippen molar-refractivity contribution in [2.75, 3.05) is 11.5 Å². The molecule has 0 unspecified atom stereocenters. The number of rotatable bonds is 3. The van der Waals surface area contributed by atoms with Gasteiger partial charge in [0.25, 0.3) is 0 Å². The summed E-state index contributed by atoms with van der Waals surface area (Å²) in [6.07, 6.45) is 0.218. The summed E-state index contributed by atoms with van der Waals surface area (Å²) in [6, 6.07) is 4.29. The van der Waals surface area contributed by atoms with Crippen LogP contribution in [0.1, 0.15) is 6.42 Å². The fraction of sp³-hybridized carbons (Fsp3) is 0.400. The standard InChI is InChI=1S/C10H12FNO4S2/c11-9-3-1-2-4-10(9)18(15,16)12-8-5-6-17(13,14)7-8/h1-4,8,12H,5-7H2/t8-/m1/s1. The summed E-state index contributed by atoms with van der Waals surface area (Å²) in [5.74, 6) is -1.14. The summed E-state index contributed by atoms with van der Waals surface area (Å²) in [4.78, 5) is -0.464. The minimum absolute atomic E-state index is 0.0442. The van der Waals surface area contributed by atoms with Gasteiger partial charge in [-0.15, -0.1) is 0 Å². The molecule has 0 bridgehead atoms. The van der Waals surface area contributed by atoms with Gasteiger partial charge < -0.3 is 0 Å². The highest BCUT2D eigenvalue weighted by Gasteiger charge is 2.32. The van der Waals surface area contributed by atoms with Gasteiger partial charge in [-0.2, -0.15) is 0 Å². The molecule has 1 atom stereocenters. The highest BCUT2D eigenvalue weighted by Crippen LogP contribution is 2.17. The van der Waals surface area contributed by atoms with Crippen molar-refractivity contribution in [3.63, 3.8) is 0 Å². The number of halogens is 1. The van der Waals surface area contributed by atoms with Crippen molar-refractivity contribution in [3.8, 4) is 0 Å². The molecule has 1 fully saturated rings. The molecule has 0 aliphatic carbocycles. The molecule has 0 saturated carbocycles. The van der Waals surface area contributed by atoms with Gasteiger partial charge in [0, 0.05) is 6.04 Å². The normalized spacial score (nSPS) is 23.1. The topological polar surface area (TPSA) is 80.3 Å². The maximum atomic E-state index is 13.4. The predicted octanol–water partition coefficient (Wildman–Crippen LogP) is 0.291. The molecule has 1 saturated heterocycles. The van der Waals surface area contributed by atoms with Gasteiger partial charge in [-0.05, 0) is 18.6 Å². The highest BCUT2D eigenvalue weighted by atomic mass is 32.2. The zero-order valence-electron chi connectivity index (χ0n) is 9.34. The number of hydrogen-bond acceptors (Lipinski definition) is 4. The Morgan fingerprint density at radius 2 is 1.94 bits per heavy atom. The number of sulfonamides is 1. The van der Waals surface area contributed by atoms with Crippen molar-refractivity contribution in [2.24, 2.45) is 0 Å². The Hall–Kier alpha value is -0.990. The Morgan fingerprint density at radius 1 is 1.28 bits per heavy atom. The number of sulfone groups is 1. The molecule has 0 spiro atoms. The summed E-state index contributed by atoms with van der Waals surface area (Å²) < 4.78 is 61.8. The summed E-state index contributed by atoms with van der Waals surface area (Å²) in [6.45, 7) is 0. The summed E-state index contributed by atoms with van der Waals surface area (Å²) in [7, 11) is -7.19. The van der Waals surface area contributed by atoms with Gasteiger partial charge in [-0.3, -0.25) is 0 Å². The summed E-state index contributed by atoms with van der Waals surface area (Å²) in [5, 5.41) is 0. The van der Waals surface area contributed by atoms with Crippen molar-refractivity contribution in [2.45, 2.75) is 17.4 Å². The molecule has 8 heteroatoms. The maximum Gasteiger partial charge on any atom is 0.243 e. The monoisotopic (exact) mass is 293 g/mol. The van der Waals surface area contributed by atoms with Crippen molar-refractivity contribution < 1.29 is 21.2 Å². The molecule has 0 aromatic heterocycles. The second-order valence-electron chi connectivity index (χ2n) is 4.15. The third kappa shape index (κ3) is 2.88. The van der Waals surface area contributed by atoms with Crippen molar-refractivity contribution in [1.82, 2.24) is 4.72 Å². The zero-order chi connectivity index (χ0) is 13.4. The molecule has 1 N–H and O–H groups in total. The lowest BCUT2D eigenvalue weighted by atomic mass is 10.3. The first kappa shape index (κ1) is 13.4. The van der Waals surface area contributed by atoms with Gasteiger partial charge in [0.05, 0.1) is 11.5 Å². The van der Waals surface area contributed by atoms with Gasteiger partial charge in [0.15, 0.2) is 9.84 Å². The molecule has 1 aliphatic heterocycles. The molecular weight excluding hydrogens is 281 g/mol. The van der Waals surface area contributed by atoms with Crippen LogP contribution in [0.5, 0.6) is 0 Å². The molecule has 100 valence electrons. The molecule has 0 amide bonds. The average molecular weight is 293 g/mol. The van der Waals surface area contributed by atoms with Gasteiger partial charge in [-0.1, -0.05) is 12.1 Å². The van der Waals surface area contributed by atoms with Crippen molar-refractivity contribution in [3.05, 3.63) is 30.1 Å². The van der Waals surface area contributed by atoms with E-state index in [1.54, 1.807) is 0 Å². The molecule has 5 nitrogen and oxygen atoms in total. The summed E-state index contributed by atoms with van der Waals surface area (Å²) >= 11 is 0. The molecule has 1 heterocycles. The number of hydrogen-bond donors (Lipinski definition) is 1. The summed E-state index contributed by atoms with van der Waals surface area (Å²) in [5.41, 5.74) is 0. The lowest BCUT2D eigenvalue weighted by Crippen LogP contribution is -2.35. The van der Waals surface area contributed by atoms with Crippen LogP contribution >= 0.6 is 0 Å². The molecule has 18 heavy (non-hydrogen) atoms. The van der Waals surface area contributed by atoms with E-state index in [-0.39, 0.29) is 17.9 Å². The van der Waals surface area contributed by atoms with Crippen LogP contribution in [-0.4, -0.2) is 34.4 Å². The average Bonchev–Trinajstić information content (AvgIpc) is 2.57. The first-order valence-corrected chi connectivity index (χ1v) is 8.58. The van der Waals surface area contributed by atoms with E-state index in [9.17, 15) is 21.2 Å². The van der Waals surface area contributed by atoms with Crippen LogP contribution in [0.4, 0.5) is 4.39 Å². The van der Waals surface area contributed by atoms with Crippen molar-refractivity contribution >= 4 is 19.9 Å². The van der Waals surface area contributed by atoms with Crippen LogP contribution in [0.15, 0.2) is 29.2 Å². The van der Waals surface area contributed by atoms with Crippen LogP contribution < -0.4 is 4.72 Å². The Kier molecular flexibility index (Phi) is 3.43. The smallest absolute Gasteiger partial charge is 0.229 e. The van der Waals surface area contributed by atoms with E-state index in [1.807, 2.05) is 0 Å². The molecule has 1 aromatic carbocycles. The Balaban J connectivity index is 2.22. The minimum Gasteiger partial charge on any atom is -0.229 e. The molecular formula is C10H12FNO4S2. The first-order chi connectivity index (χ1) is 8.30. The Bertz CT molecular complexity index is 654. The van der Waals surface area contributed by atoms with Gasteiger partial charge >= 0.3 is 0 Å². The van der Waals surface area contributed by atoms with Gasteiger partial charge in [0.1, 0.15) is 10.7 Å². The quantitative estimate of drug-likeness (QED) is 0.868. The van der Waals surface area contributed by atoms with Crippen molar-refractivity contribution in [1.29, 1.82) is 0 Å². The second kappa shape index (κ2) is 4.60. The molecule has 1 aliphatic rings. The van der Waals surface area contributed by atoms with Crippen LogP contribution in [0.2, 0.25) is 0 Å². The lowest BCUT2D eigenvalue weighted by Gasteiger charge is -2.11. The van der Waals surface area contributed by atoms with Gasteiger partial charge in [0.2, 0.25) is 10.0 Å². The van der Waals surface area contributed by atoms with E-state index in [2.05, 4.69) is 4.72 Å². The van der Waals surface area contributed by atoms with E-state index in [1.165, 1.54) is 12.1 Å². The largest absolute Gasteiger partial charge is 0.243 e. The molecule has 0 radical (unpaired) electrons. The van der Waals surface area contributed by atoms with E-state index >= 15 is 0 Å². The van der Waals surface area contributed by atoms with Gasteiger partial charge in [-0.25, -0.2) is 25.9 Å². The second-order valence-corrected chi connectivity index (χ2v) is 8.06. The number of nitrogens with one attached hydrogen (secondary N) is 1. The first-order valence-electron chi connectivity index (χ1n) is 5.27. The van der Waals surface area contributed by atoms with Crippen LogP contribution in [-0.2, 0) is 19.9 Å².